The summed E-state index contributed by atoms with van der Waals surface area (Å²) in [7, 11) is 0. The van der Waals surface area contributed by atoms with Crippen molar-refractivity contribution in [1.82, 2.24) is 0 Å². The molecule has 2 heteroatoms. The molecule has 10 rings (SSSR count). The molecular weight excluding hydrogens is 560 g/mol. The molecule has 214 valence electrons. The minimum absolute atomic E-state index is 0.841. The Labute approximate surface area is 264 Å². The zero-order chi connectivity index (χ0) is 30.2. The number of para-hydroxylation sites is 2. The quantitative estimate of drug-likeness (QED) is 0.193. The van der Waals surface area contributed by atoms with Crippen LogP contribution in [-0.4, -0.2) is 0 Å². The highest BCUT2D eigenvalue weighted by Crippen LogP contribution is 2.47. The smallest absolute Gasteiger partial charge is 0.147 e. The molecule has 2 heterocycles. The van der Waals surface area contributed by atoms with E-state index in [0.717, 1.165) is 49.4 Å². The van der Waals surface area contributed by atoms with E-state index in [9.17, 15) is 0 Å². The Bertz CT molecular complexity index is 2720. The summed E-state index contributed by atoms with van der Waals surface area (Å²) in [5, 5.41) is 9.15. The summed E-state index contributed by atoms with van der Waals surface area (Å²) >= 11 is 0. The molecule has 0 saturated carbocycles. The summed E-state index contributed by atoms with van der Waals surface area (Å²) in [6.45, 7) is 0. The maximum absolute atomic E-state index is 6.93. The summed E-state index contributed by atoms with van der Waals surface area (Å²) in [6.07, 6.45) is 0. The van der Waals surface area contributed by atoms with Gasteiger partial charge in [-0.2, -0.15) is 0 Å². The minimum atomic E-state index is 0.841. The summed E-state index contributed by atoms with van der Waals surface area (Å²) in [4.78, 5) is 0. The van der Waals surface area contributed by atoms with Crippen molar-refractivity contribution in [3.63, 3.8) is 0 Å². The SMILES string of the molecule is c1ccc(-c2ccc(-c3c4ccccc4c(-c4cccc5c4oc4c5ccc5oc6ccccc6c54)c4ccccc34)cc2)cc1. The van der Waals surface area contributed by atoms with E-state index in [0.29, 0.717) is 0 Å². The van der Waals surface area contributed by atoms with Crippen LogP contribution in [0.4, 0.5) is 0 Å². The highest BCUT2D eigenvalue weighted by molar-refractivity contribution is 6.26. The fraction of sp³-hybridized carbons (Fsp3) is 0. The third-order valence-electron chi connectivity index (χ3n) is 9.49. The third kappa shape index (κ3) is 3.59. The summed E-state index contributed by atoms with van der Waals surface area (Å²) < 4.78 is 13.1. The molecule has 0 saturated heterocycles. The zero-order valence-corrected chi connectivity index (χ0v) is 24.8. The van der Waals surface area contributed by atoms with Crippen LogP contribution >= 0.6 is 0 Å². The van der Waals surface area contributed by atoms with Gasteiger partial charge in [-0.3, -0.25) is 0 Å². The lowest BCUT2D eigenvalue weighted by atomic mass is 9.85. The second kappa shape index (κ2) is 9.69. The van der Waals surface area contributed by atoms with Crippen LogP contribution in [0.5, 0.6) is 0 Å². The van der Waals surface area contributed by atoms with Crippen LogP contribution in [-0.2, 0) is 0 Å². The van der Waals surface area contributed by atoms with Gasteiger partial charge < -0.3 is 8.83 Å². The Morgan fingerprint density at radius 2 is 0.826 bits per heavy atom. The van der Waals surface area contributed by atoms with E-state index >= 15 is 0 Å². The Kier molecular flexibility index (Phi) is 5.31. The second-order valence-corrected chi connectivity index (χ2v) is 12.0. The molecule has 2 nitrogen and oxygen atoms in total. The first kappa shape index (κ1) is 25.2. The van der Waals surface area contributed by atoms with Gasteiger partial charge in [0.2, 0.25) is 0 Å². The molecule has 46 heavy (non-hydrogen) atoms. The molecule has 0 N–H and O–H groups in total. The fourth-order valence-corrected chi connectivity index (χ4v) is 7.45. The third-order valence-corrected chi connectivity index (χ3v) is 9.49. The lowest BCUT2D eigenvalue weighted by Gasteiger charge is -2.18. The second-order valence-electron chi connectivity index (χ2n) is 12.0. The normalized spacial score (nSPS) is 11.9. The molecule has 0 fully saturated rings. The van der Waals surface area contributed by atoms with E-state index in [1.807, 2.05) is 12.1 Å². The van der Waals surface area contributed by atoms with Gasteiger partial charge in [0.15, 0.2) is 0 Å². The first-order chi connectivity index (χ1) is 22.8. The molecule has 0 aliphatic rings. The highest BCUT2D eigenvalue weighted by atomic mass is 16.3. The largest absolute Gasteiger partial charge is 0.456 e. The van der Waals surface area contributed by atoms with Gasteiger partial charge in [0.05, 0.1) is 5.39 Å². The van der Waals surface area contributed by atoms with Crippen LogP contribution in [0.3, 0.4) is 0 Å². The first-order valence-corrected chi connectivity index (χ1v) is 15.7. The highest BCUT2D eigenvalue weighted by Gasteiger charge is 2.22. The van der Waals surface area contributed by atoms with E-state index in [2.05, 4.69) is 146 Å². The molecule has 0 aliphatic carbocycles. The zero-order valence-electron chi connectivity index (χ0n) is 24.8. The van der Waals surface area contributed by atoms with E-state index in [1.54, 1.807) is 0 Å². The average molecular weight is 587 g/mol. The average Bonchev–Trinajstić information content (AvgIpc) is 3.70. The van der Waals surface area contributed by atoms with Gasteiger partial charge in [0.25, 0.3) is 0 Å². The number of rotatable bonds is 3. The molecular formula is C44H26O2. The topological polar surface area (TPSA) is 26.3 Å². The van der Waals surface area contributed by atoms with Gasteiger partial charge in [-0.1, -0.05) is 140 Å². The lowest BCUT2D eigenvalue weighted by Crippen LogP contribution is -1.91. The number of hydrogen-bond acceptors (Lipinski definition) is 2. The predicted octanol–water partition coefficient (Wildman–Crippen LogP) is 12.8. The predicted molar refractivity (Wildman–Crippen MR) is 192 cm³/mol. The van der Waals surface area contributed by atoms with E-state index < -0.39 is 0 Å². The molecule has 0 unspecified atom stereocenters. The van der Waals surface area contributed by atoms with Crippen molar-refractivity contribution in [1.29, 1.82) is 0 Å². The van der Waals surface area contributed by atoms with Crippen LogP contribution < -0.4 is 0 Å². The fourth-order valence-electron chi connectivity index (χ4n) is 7.45. The Hall–Kier alpha value is -6.12. The van der Waals surface area contributed by atoms with Crippen LogP contribution in [0, 0.1) is 0 Å². The number of furan rings is 2. The van der Waals surface area contributed by atoms with E-state index in [-0.39, 0.29) is 0 Å². The Morgan fingerprint density at radius 1 is 0.283 bits per heavy atom. The molecule has 2 aromatic heterocycles. The van der Waals surface area contributed by atoms with Crippen LogP contribution in [0.25, 0.3) is 98.8 Å². The van der Waals surface area contributed by atoms with Crippen molar-refractivity contribution in [3.05, 3.63) is 158 Å². The minimum Gasteiger partial charge on any atom is -0.456 e. The van der Waals surface area contributed by atoms with Crippen LogP contribution in [0.2, 0.25) is 0 Å². The monoisotopic (exact) mass is 586 g/mol. The van der Waals surface area contributed by atoms with Gasteiger partial charge >= 0.3 is 0 Å². The van der Waals surface area contributed by atoms with Gasteiger partial charge in [-0.15, -0.1) is 0 Å². The van der Waals surface area contributed by atoms with Gasteiger partial charge in [-0.05, 0) is 62.0 Å². The van der Waals surface area contributed by atoms with Crippen LogP contribution in [0.15, 0.2) is 167 Å². The number of hydrogen-bond donors (Lipinski definition) is 0. The van der Waals surface area contributed by atoms with E-state index in [4.69, 9.17) is 8.83 Å². The molecule has 0 amide bonds. The maximum atomic E-state index is 6.93. The van der Waals surface area contributed by atoms with Crippen molar-refractivity contribution in [2.45, 2.75) is 0 Å². The molecule has 8 aromatic carbocycles. The molecule has 0 spiro atoms. The standard InChI is InChI=1S/C44H26O2/c1-2-11-27(12-3-1)28-21-23-29(24-22-28)40-30-13-4-6-15-32(30)41(33-16-7-5-14-31(33)40)37-19-10-18-34-35-25-26-39-42(44(35)46-43(34)37)36-17-8-9-20-38(36)45-39/h1-26H. The van der Waals surface area contributed by atoms with Crippen molar-refractivity contribution in [2.75, 3.05) is 0 Å². The lowest BCUT2D eigenvalue weighted by molar-refractivity contribution is 0.663. The molecule has 0 atom stereocenters. The van der Waals surface area contributed by atoms with Crippen molar-refractivity contribution in [2.24, 2.45) is 0 Å². The Morgan fingerprint density at radius 3 is 1.54 bits per heavy atom. The van der Waals surface area contributed by atoms with Crippen molar-refractivity contribution >= 4 is 65.4 Å². The maximum Gasteiger partial charge on any atom is 0.147 e. The molecule has 10 aromatic rings. The van der Waals surface area contributed by atoms with E-state index in [1.165, 1.54) is 49.4 Å². The molecule has 0 bridgehead atoms. The number of benzene rings is 8. The van der Waals surface area contributed by atoms with Crippen molar-refractivity contribution < 1.29 is 8.83 Å². The Balaban J connectivity index is 1.27. The van der Waals surface area contributed by atoms with Gasteiger partial charge in [0.1, 0.15) is 22.3 Å². The van der Waals surface area contributed by atoms with Crippen molar-refractivity contribution in [3.8, 4) is 33.4 Å². The summed E-state index contributed by atoms with van der Waals surface area (Å²) in [5.41, 5.74) is 10.6. The van der Waals surface area contributed by atoms with Crippen LogP contribution in [0.1, 0.15) is 0 Å². The van der Waals surface area contributed by atoms with Gasteiger partial charge in [-0.25, -0.2) is 0 Å². The number of fused-ring (bicyclic) bond motifs is 9. The molecule has 0 radical (unpaired) electrons. The molecule has 0 aliphatic heterocycles. The summed E-state index contributed by atoms with van der Waals surface area (Å²) in [5.74, 6) is 0. The summed E-state index contributed by atoms with van der Waals surface area (Å²) in [6, 6.07) is 56.1. The first-order valence-electron chi connectivity index (χ1n) is 15.7. The van der Waals surface area contributed by atoms with Gasteiger partial charge in [0, 0.05) is 27.3 Å².